The molecule has 0 aliphatic rings. The molecule has 25 heavy (non-hydrogen) atoms. The molecular formula is C14H9ClN4O5S. The van der Waals surface area contributed by atoms with E-state index in [-0.39, 0.29) is 21.8 Å². The zero-order chi connectivity index (χ0) is 18.1. The molecule has 128 valence electrons. The topological polar surface area (TPSA) is 117 Å². The Morgan fingerprint density at radius 1 is 1.28 bits per heavy atom. The van der Waals surface area contributed by atoms with E-state index in [0.29, 0.717) is 9.60 Å². The summed E-state index contributed by atoms with van der Waals surface area (Å²) < 4.78 is 17.9. The van der Waals surface area contributed by atoms with Gasteiger partial charge in [0.05, 0.1) is 21.4 Å². The molecule has 9 nitrogen and oxygen atoms in total. The summed E-state index contributed by atoms with van der Waals surface area (Å²) in [6, 6.07) is 8.36. The number of hydrogen-bond acceptors (Lipinski definition) is 7. The lowest BCUT2D eigenvalue weighted by Gasteiger charge is -2.07. The first-order chi connectivity index (χ1) is 11.9. The Morgan fingerprint density at radius 2 is 2.04 bits per heavy atom. The second-order valence-corrected chi connectivity index (χ2v) is 6.31. The summed E-state index contributed by atoms with van der Waals surface area (Å²) in [5, 5.41) is 18.4. The first-order valence-electron chi connectivity index (χ1n) is 6.78. The van der Waals surface area contributed by atoms with Crippen LogP contribution in [0.15, 0.2) is 41.2 Å². The van der Waals surface area contributed by atoms with Crippen molar-refractivity contribution in [1.82, 2.24) is 14.4 Å². The number of rotatable bonds is 4. The minimum absolute atomic E-state index is 0.00316. The van der Waals surface area contributed by atoms with Crippen LogP contribution in [0, 0.1) is 17.0 Å². The molecule has 1 heterocycles. The van der Waals surface area contributed by atoms with E-state index in [1.807, 2.05) is 0 Å². The van der Waals surface area contributed by atoms with Crippen LogP contribution in [0.1, 0.15) is 5.56 Å². The predicted molar refractivity (Wildman–Crippen MR) is 90.8 cm³/mol. The minimum Gasteiger partial charge on any atom is -0.382 e. The fourth-order valence-corrected chi connectivity index (χ4v) is 2.91. The van der Waals surface area contributed by atoms with Crippen molar-refractivity contribution in [1.29, 1.82) is 0 Å². The molecule has 0 aliphatic carbocycles. The molecule has 0 amide bonds. The van der Waals surface area contributed by atoms with E-state index in [9.17, 15) is 19.1 Å². The quantitative estimate of drug-likeness (QED) is 0.502. The van der Waals surface area contributed by atoms with E-state index in [2.05, 4.69) is 10.3 Å². The van der Waals surface area contributed by atoms with Crippen molar-refractivity contribution in [2.75, 3.05) is 0 Å². The van der Waals surface area contributed by atoms with Crippen LogP contribution in [0.5, 0.6) is 5.75 Å². The summed E-state index contributed by atoms with van der Waals surface area (Å²) in [5.74, 6) is -0.216. The molecule has 3 aromatic rings. The molecule has 0 aliphatic heterocycles. The number of nitrogens with zero attached hydrogens (tertiary/aromatic N) is 4. The van der Waals surface area contributed by atoms with Gasteiger partial charge in [-0.15, -0.1) is 5.10 Å². The van der Waals surface area contributed by atoms with Gasteiger partial charge in [0.1, 0.15) is 5.52 Å². The molecule has 2 aromatic carbocycles. The number of aryl methyl sites for hydroxylation is 1. The zero-order valence-corrected chi connectivity index (χ0v) is 14.2. The lowest BCUT2D eigenvalue weighted by molar-refractivity contribution is -0.384. The van der Waals surface area contributed by atoms with Crippen molar-refractivity contribution in [2.24, 2.45) is 0 Å². The highest BCUT2D eigenvalue weighted by molar-refractivity contribution is 7.78. The molecule has 11 heteroatoms. The Morgan fingerprint density at radius 3 is 2.76 bits per heavy atom. The molecule has 3 rings (SSSR count). The largest absolute Gasteiger partial charge is 0.382 e. The average Bonchev–Trinajstić information content (AvgIpc) is 2.57. The van der Waals surface area contributed by atoms with E-state index in [4.69, 9.17) is 15.8 Å². The van der Waals surface area contributed by atoms with Gasteiger partial charge in [-0.25, -0.2) is 0 Å². The van der Waals surface area contributed by atoms with Crippen molar-refractivity contribution >= 4 is 39.5 Å². The van der Waals surface area contributed by atoms with E-state index in [1.54, 1.807) is 25.1 Å². The van der Waals surface area contributed by atoms with Crippen LogP contribution >= 0.6 is 11.6 Å². The summed E-state index contributed by atoms with van der Waals surface area (Å²) in [6.45, 7) is 1.79. The maximum atomic E-state index is 12.4. The van der Waals surface area contributed by atoms with E-state index in [1.165, 1.54) is 12.1 Å². The van der Waals surface area contributed by atoms with Crippen molar-refractivity contribution in [3.05, 3.63) is 67.5 Å². The number of fused-ring (bicyclic) bond motifs is 1. The molecule has 1 unspecified atom stereocenters. The molecule has 1 atom stereocenters. The number of benzene rings is 2. The third-order valence-electron chi connectivity index (χ3n) is 3.22. The summed E-state index contributed by atoms with van der Waals surface area (Å²) in [7, 11) is 0. The van der Waals surface area contributed by atoms with Crippen molar-refractivity contribution < 1.29 is 13.3 Å². The molecule has 0 saturated carbocycles. The summed E-state index contributed by atoms with van der Waals surface area (Å²) >= 11 is 3.47. The Bertz CT molecular complexity index is 1080. The Kier molecular flexibility index (Phi) is 4.47. The molecule has 0 radical (unpaired) electrons. The number of halogens is 1. The third-order valence-corrected chi connectivity index (χ3v) is 4.37. The molecular weight excluding hydrogens is 372 g/mol. The molecule has 0 spiro atoms. The monoisotopic (exact) mass is 380 g/mol. The van der Waals surface area contributed by atoms with Gasteiger partial charge in [-0.1, -0.05) is 27.3 Å². The van der Waals surface area contributed by atoms with Gasteiger partial charge in [-0.3, -0.25) is 14.9 Å². The van der Waals surface area contributed by atoms with Crippen molar-refractivity contribution in [2.45, 2.75) is 6.92 Å². The highest BCUT2D eigenvalue weighted by atomic mass is 35.5. The van der Waals surface area contributed by atoms with Crippen LogP contribution in [0.4, 0.5) is 5.69 Å². The molecule has 1 aromatic heterocycles. The Labute approximate surface area is 147 Å². The van der Waals surface area contributed by atoms with Gasteiger partial charge in [0.2, 0.25) is 0 Å². The number of hydrogen-bond donors (Lipinski definition) is 0. The zero-order valence-electron chi connectivity index (χ0n) is 12.6. The lowest BCUT2D eigenvalue weighted by Crippen LogP contribution is -2.29. The number of aromatic nitrogens is 3. The average molecular weight is 381 g/mol. The number of nitro benzene ring substituents is 1. The van der Waals surface area contributed by atoms with Crippen molar-refractivity contribution in [3.8, 4) is 5.75 Å². The van der Waals surface area contributed by atoms with Gasteiger partial charge in [0.25, 0.3) is 11.2 Å². The fraction of sp³-hybridized carbons (Fsp3) is 0.0714. The van der Waals surface area contributed by atoms with E-state index < -0.39 is 21.7 Å². The van der Waals surface area contributed by atoms with Crippen LogP contribution in [0.3, 0.4) is 0 Å². The van der Waals surface area contributed by atoms with Crippen molar-refractivity contribution in [3.63, 3.8) is 0 Å². The fourth-order valence-electron chi connectivity index (χ4n) is 2.02. The number of nitro groups is 1. The van der Waals surface area contributed by atoms with Gasteiger partial charge >= 0.3 is 11.3 Å². The smallest absolute Gasteiger partial charge is 0.344 e. The standard InChI is InChI=1S/C14H9ClN4O5S/c1-8-2-5-12-10(6-8)14(20)18(17-16-12)25(23)24-13-7-9(19(21)22)3-4-11(13)15/h2-7H,1H3. The van der Waals surface area contributed by atoms with Crippen LogP contribution < -0.4 is 9.74 Å². The Hall–Kier alpha value is -2.85. The van der Waals surface area contributed by atoms with Gasteiger partial charge in [-0.2, -0.15) is 4.21 Å². The summed E-state index contributed by atoms with van der Waals surface area (Å²) in [5.41, 5.74) is 0.187. The second kappa shape index (κ2) is 6.57. The van der Waals surface area contributed by atoms with Gasteiger partial charge < -0.3 is 4.18 Å². The van der Waals surface area contributed by atoms with E-state index in [0.717, 1.165) is 11.6 Å². The van der Waals surface area contributed by atoms with Crippen LogP contribution in [0.2, 0.25) is 5.02 Å². The van der Waals surface area contributed by atoms with Gasteiger partial charge in [0, 0.05) is 6.07 Å². The highest BCUT2D eigenvalue weighted by Gasteiger charge is 2.17. The van der Waals surface area contributed by atoms with Crippen LogP contribution in [-0.2, 0) is 11.3 Å². The van der Waals surface area contributed by atoms with Crippen LogP contribution in [0.25, 0.3) is 10.9 Å². The molecule has 0 saturated heterocycles. The minimum atomic E-state index is -2.42. The number of non-ortho nitro benzene ring substituents is 1. The SMILES string of the molecule is Cc1ccc2nnn(S(=O)Oc3cc([N+](=O)[O-])ccc3Cl)c(=O)c2c1. The van der Waals surface area contributed by atoms with Gasteiger partial charge in [-0.05, 0) is 30.3 Å². The van der Waals surface area contributed by atoms with Crippen LogP contribution in [-0.4, -0.2) is 23.5 Å². The summed E-state index contributed by atoms with van der Waals surface area (Å²) in [6.07, 6.45) is 0. The normalized spacial score (nSPS) is 12.1. The second-order valence-electron chi connectivity index (χ2n) is 4.96. The molecule has 0 fully saturated rings. The molecule has 0 N–H and O–H groups in total. The Balaban J connectivity index is 2.01. The lowest BCUT2D eigenvalue weighted by atomic mass is 10.2. The molecule has 0 bridgehead atoms. The van der Waals surface area contributed by atoms with E-state index >= 15 is 0 Å². The predicted octanol–water partition coefficient (Wildman–Crippen LogP) is 2.17. The van der Waals surface area contributed by atoms with Gasteiger partial charge in [0.15, 0.2) is 5.75 Å². The third kappa shape index (κ3) is 3.35. The maximum absolute atomic E-state index is 12.4. The maximum Gasteiger partial charge on any atom is 0.344 e. The first-order valence-corrected chi connectivity index (χ1v) is 8.18. The first kappa shape index (κ1) is 17.0. The highest BCUT2D eigenvalue weighted by Crippen LogP contribution is 2.29. The summed E-state index contributed by atoms with van der Waals surface area (Å²) in [4.78, 5) is 22.6.